The molecule has 0 unspecified atom stereocenters. The second-order valence-electron chi connectivity index (χ2n) is 7.37. The number of carbonyl (C=O) groups is 1. The molecule has 0 aliphatic heterocycles. The topological polar surface area (TPSA) is 67.2 Å². The van der Waals surface area contributed by atoms with E-state index in [2.05, 4.69) is 41.6 Å². The van der Waals surface area contributed by atoms with Crippen molar-refractivity contribution in [3.05, 3.63) is 81.9 Å². The lowest BCUT2D eigenvalue weighted by atomic mass is 10.1. The number of benzene rings is 3. The molecule has 156 valence electrons. The molecule has 7 heteroatoms. The van der Waals surface area contributed by atoms with Gasteiger partial charge in [-0.3, -0.25) is 10.1 Å². The molecule has 3 aromatic carbocycles. The van der Waals surface area contributed by atoms with Gasteiger partial charge < -0.3 is 9.73 Å². The molecular formula is C24H20ClN3O2S. The van der Waals surface area contributed by atoms with Gasteiger partial charge in [0.15, 0.2) is 10.7 Å². The van der Waals surface area contributed by atoms with Gasteiger partial charge in [-0.05, 0) is 92.1 Å². The highest BCUT2D eigenvalue weighted by molar-refractivity contribution is 7.80. The molecule has 31 heavy (non-hydrogen) atoms. The Hall–Kier alpha value is -3.22. The first kappa shape index (κ1) is 21.0. The molecule has 0 aliphatic carbocycles. The SMILES string of the molecule is Cc1ccc(-c2nc3cc(NC(=S)NC(=O)c4ccc(C)c(Cl)c4)ccc3o2)cc1C. The summed E-state index contributed by atoms with van der Waals surface area (Å²) >= 11 is 11.4. The molecule has 4 rings (SSSR count). The summed E-state index contributed by atoms with van der Waals surface area (Å²) in [5.74, 6) is 0.223. The zero-order valence-electron chi connectivity index (χ0n) is 17.2. The fourth-order valence-electron chi connectivity index (χ4n) is 3.07. The lowest BCUT2D eigenvalue weighted by Crippen LogP contribution is -2.34. The molecule has 4 aromatic rings. The van der Waals surface area contributed by atoms with Crippen LogP contribution in [0.2, 0.25) is 5.02 Å². The van der Waals surface area contributed by atoms with E-state index in [4.69, 9.17) is 28.2 Å². The number of anilines is 1. The summed E-state index contributed by atoms with van der Waals surface area (Å²) in [5, 5.41) is 6.38. The molecule has 0 saturated carbocycles. The number of thiocarbonyl (C=S) groups is 1. The van der Waals surface area contributed by atoms with Crippen molar-refractivity contribution in [2.45, 2.75) is 20.8 Å². The third-order valence-electron chi connectivity index (χ3n) is 5.06. The average Bonchev–Trinajstić information content (AvgIpc) is 3.15. The summed E-state index contributed by atoms with van der Waals surface area (Å²) in [6.45, 7) is 6.00. The number of nitrogens with one attached hydrogen (secondary N) is 2. The third kappa shape index (κ3) is 4.60. The number of hydrogen-bond donors (Lipinski definition) is 2. The Morgan fingerprint density at radius 3 is 2.48 bits per heavy atom. The number of amides is 1. The summed E-state index contributed by atoms with van der Waals surface area (Å²) in [5.41, 5.74) is 6.71. The third-order valence-corrected chi connectivity index (χ3v) is 5.67. The number of carbonyl (C=O) groups excluding carboxylic acids is 1. The number of halogens is 1. The minimum Gasteiger partial charge on any atom is -0.436 e. The van der Waals surface area contributed by atoms with Crippen molar-refractivity contribution >= 4 is 51.6 Å². The highest BCUT2D eigenvalue weighted by Gasteiger charge is 2.12. The quantitative estimate of drug-likeness (QED) is 0.364. The predicted molar refractivity (Wildman–Crippen MR) is 129 cm³/mol. The summed E-state index contributed by atoms with van der Waals surface area (Å²) in [6, 6.07) is 16.7. The average molecular weight is 450 g/mol. The first-order chi connectivity index (χ1) is 14.8. The van der Waals surface area contributed by atoms with Gasteiger partial charge >= 0.3 is 0 Å². The van der Waals surface area contributed by atoms with Crippen LogP contribution in [0.3, 0.4) is 0 Å². The number of rotatable bonds is 3. The number of aromatic nitrogens is 1. The largest absolute Gasteiger partial charge is 0.436 e. The maximum absolute atomic E-state index is 12.4. The Balaban J connectivity index is 1.49. The van der Waals surface area contributed by atoms with Crippen LogP contribution in [-0.2, 0) is 0 Å². The molecule has 0 aliphatic rings. The number of aryl methyl sites for hydroxylation is 3. The number of hydrogen-bond acceptors (Lipinski definition) is 4. The van der Waals surface area contributed by atoms with Gasteiger partial charge in [-0.15, -0.1) is 0 Å². The molecule has 2 N–H and O–H groups in total. The molecule has 0 saturated heterocycles. The Morgan fingerprint density at radius 1 is 0.968 bits per heavy atom. The Labute approximate surface area is 190 Å². The van der Waals surface area contributed by atoms with E-state index >= 15 is 0 Å². The predicted octanol–water partition coefficient (Wildman–Crippen LogP) is 6.20. The summed E-state index contributed by atoms with van der Waals surface area (Å²) in [7, 11) is 0. The van der Waals surface area contributed by atoms with Crippen LogP contribution in [0.15, 0.2) is 59.0 Å². The summed E-state index contributed by atoms with van der Waals surface area (Å²) in [6.07, 6.45) is 0. The first-order valence-corrected chi connectivity index (χ1v) is 10.5. The van der Waals surface area contributed by atoms with Crippen LogP contribution in [0.5, 0.6) is 0 Å². The van der Waals surface area contributed by atoms with Crippen molar-refractivity contribution in [2.75, 3.05) is 5.32 Å². The molecule has 0 atom stereocenters. The van der Waals surface area contributed by atoms with Crippen LogP contribution in [0.1, 0.15) is 27.0 Å². The van der Waals surface area contributed by atoms with Gasteiger partial charge in [0.05, 0.1) is 0 Å². The standard InChI is InChI=1S/C24H20ClN3O2S/c1-13-4-7-17(10-15(13)3)23-27-20-12-18(8-9-21(20)30-23)26-24(31)28-22(29)16-6-5-14(2)19(25)11-16/h4-12H,1-3H3,(H2,26,28,29,31). The molecule has 5 nitrogen and oxygen atoms in total. The van der Waals surface area contributed by atoms with Crippen LogP contribution in [0, 0.1) is 20.8 Å². The van der Waals surface area contributed by atoms with Crippen molar-refractivity contribution < 1.29 is 9.21 Å². The van der Waals surface area contributed by atoms with E-state index < -0.39 is 0 Å². The van der Waals surface area contributed by atoms with E-state index in [0.29, 0.717) is 33.3 Å². The summed E-state index contributed by atoms with van der Waals surface area (Å²) in [4.78, 5) is 17.0. The van der Waals surface area contributed by atoms with E-state index in [-0.39, 0.29) is 11.0 Å². The Kier molecular flexibility index (Phi) is 5.76. The van der Waals surface area contributed by atoms with Gasteiger partial charge in [0.2, 0.25) is 5.89 Å². The molecule has 1 aromatic heterocycles. The molecular weight excluding hydrogens is 430 g/mol. The van der Waals surface area contributed by atoms with Gasteiger partial charge in [0.25, 0.3) is 5.91 Å². The Bertz CT molecular complexity index is 1330. The number of fused-ring (bicyclic) bond motifs is 1. The number of nitrogens with zero attached hydrogens (tertiary/aromatic N) is 1. The highest BCUT2D eigenvalue weighted by atomic mass is 35.5. The molecule has 1 heterocycles. The van der Waals surface area contributed by atoms with Crippen molar-refractivity contribution in [3.8, 4) is 11.5 Å². The van der Waals surface area contributed by atoms with E-state index in [9.17, 15) is 4.79 Å². The smallest absolute Gasteiger partial charge is 0.257 e. The van der Waals surface area contributed by atoms with Gasteiger partial charge in [-0.25, -0.2) is 4.98 Å². The fourth-order valence-corrected chi connectivity index (χ4v) is 3.47. The Morgan fingerprint density at radius 2 is 1.74 bits per heavy atom. The second-order valence-corrected chi connectivity index (χ2v) is 8.19. The van der Waals surface area contributed by atoms with Crippen LogP contribution in [-0.4, -0.2) is 16.0 Å². The molecule has 1 amide bonds. The lowest BCUT2D eigenvalue weighted by molar-refractivity contribution is 0.0977. The minimum atomic E-state index is -0.334. The van der Waals surface area contributed by atoms with Gasteiger partial charge in [-0.2, -0.15) is 0 Å². The van der Waals surface area contributed by atoms with Crippen LogP contribution < -0.4 is 10.6 Å². The first-order valence-electron chi connectivity index (χ1n) is 9.67. The van der Waals surface area contributed by atoms with Crippen LogP contribution in [0.4, 0.5) is 5.69 Å². The van der Waals surface area contributed by atoms with E-state index in [1.165, 1.54) is 11.1 Å². The zero-order chi connectivity index (χ0) is 22.1. The van der Waals surface area contributed by atoms with Crippen molar-refractivity contribution in [3.63, 3.8) is 0 Å². The minimum absolute atomic E-state index is 0.180. The van der Waals surface area contributed by atoms with Gasteiger partial charge in [0.1, 0.15) is 5.52 Å². The molecule has 0 spiro atoms. The van der Waals surface area contributed by atoms with E-state index in [0.717, 1.165) is 11.1 Å². The summed E-state index contributed by atoms with van der Waals surface area (Å²) < 4.78 is 5.90. The maximum atomic E-state index is 12.4. The second kappa shape index (κ2) is 8.49. The van der Waals surface area contributed by atoms with Crippen molar-refractivity contribution in [1.82, 2.24) is 10.3 Å². The van der Waals surface area contributed by atoms with Crippen LogP contribution >= 0.6 is 23.8 Å². The maximum Gasteiger partial charge on any atom is 0.257 e. The zero-order valence-corrected chi connectivity index (χ0v) is 18.8. The van der Waals surface area contributed by atoms with Gasteiger partial charge in [0, 0.05) is 21.8 Å². The van der Waals surface area contributed by atoms with Crippen LogP contribution in [0.25, 0.3) is 22.6 Å². The van der Waals surface area contributed by atoms with Crippen molar-refractivity contribution in [2.24, 2.45) is 0 Å². The number of oxazole rings is 1. The van der Waals surface area contributed by atoms with E-state index in [1.807, 2.05) is 31.2 Å². The fraction of sp³-hybridized carbons (Fsp3) is 0.125. The van der Waals surface area contributed by atoms with Gasteiger partial charge in [-0.1, -0.05) is 23.7 Å². The lowest BCUT2D eigenvalue weighted by Gasteiger charge is -2.10. The molecule has 0 bridgehead atoms. The highest BCUT2D eigenvalue weighted by Crippen LogP contribution is 2.27. The van der Waals surface area contributed by atoms with E-state index in [1.54, 1.807) is 18.2 Å². The molecule has 0 fully saturated rings. The normalized spacial score (nSPS) is 10.8. The van der Waals surface area contributed by atoms with Crippen molar-refractivity contribution in [1.29, 1.82) is 0 Å². The monoisotopic (exact) mass is 449 g/mol. The molecule has 0 radical (unpaired) electrons.